The van der Waals surface area contributed by atoms with E-state index in [9.17, 15) is 9.36 Å². The Labute approximate surface area is 123 Å². The van der Waals surface area contributed by atoms with Crippen LogP contribution in [-0.2, 0) is 26.9 Å². The third-order valence-electron chi connectivity index (χ3n) is 2.68. The van der Waals surface area contributed by atoms with E-state index >= 15 is 0 Å². The minimum atomic E-state index is -2.64. The second kappa shape index (κ2) is 7.62. The van der Waals surface area contributed by atoms with Crippen LogP contribution in [0.1, 0.15) is 11.1 Å². The summed E-state index contributed by atoms with van der Waals surface area (Å²) in [4.78, 5) is 10.6. The maximum atomic E-state index is 11.7. The van der Waals surface area contributed by atoms with Gasteiger partial charge in [0.1, 0.15) is 5.75 Å². The number of carboxylic acid groups (broad SMARTS) is 1. The summed E-state index contributed by atoms with van der Waals surface area (Å²) < 4.78 is 22.0. The van der Waals surface area contributed by atoms with E-state index in [4.69, 9.17) is 14.2 Å². The Balaban J connectivity index is 1.83. The molecule has 0 saturated carbocycles. The lowest BCUT2D eigenvalue weighted by Gasteiger charge is -2.07. The number of hydrogen-bond donors (Lipinski definition) is 1. The van der Waals surface area contributed by atoms with Crippen LogP contribution in [0.25, 0.3) is 0 Å². The molecule has 5 nitrogen and oxygen atoms in total. The summed E-state index contributed by atoms with van der Waals surface area (Å²) in [6.07, 6.45) is -0.0556. The Bertz CT molecular complexity index is 610. The first-order valence-corrected chi connectivity index (χ1v) is 7.55. The summed E-state index contributed by atoms with van der Waals surface area (Å²) in [5.41, 5.74) is 1.57. The molecule has 0 spiro atoms. The quantitative estimate of drug-likeness (QED) is 0.795. The molecule has 0 aliphatic heterocycles. The summed E-state index contributed by atoms with van der Waals surface area (Å²) in [6.45, 7) is 0.218. The van der Waals surface area contributed by atoms with E-state index < -0.39 is 14.2 Å². The Kier molecular flexibility index (Phi) is 5.55. The van der Waals surface area contributed by atoms with Gasteiger partial charge in [0.2, 0.25) is 0 Å². The fourth-order valence-corrected chi connectivity index (χ4v) is 2.36. The maximum absolute atomic E-state index is 11.7. The molecule has 0 aromatic heterocycles. The molecule has 0 aliphatic rings. The summed E-state index contributed by atoms with van der Waals surface area (Å²) in [5, 5.41) is 8.66. The van der Waals surface area contributed by atoms with Crippen molar-refractivity contribution in [2.75, 3.05) is 0 Å². The van der Waals surface area contributed by atoms with Crippen LogP contribution in [-0.4, -0.2) is 11.1 Å². The molecular weight excluding hydrogens is 291 g/mol. The van der Waals surface area contributed by atoms with Gasteiger partial charge in [-0.15, -0.1) is 0 Å². The molecule has 1 atom stereocenters. The molecule has 0 saturated heterocycles. The van der Waals surface area contributed by atoms with Crippen molar-refractivity contribution in [3.8, 4) is 5.75 Å². The first-order valence-electron chi connectivity index (χ1n) is 6.33. The Hall–Kier alpha value is -2.10. The van der Waals surface area contributed by atoms with Crippen LogP contribution >= 0.6 is 8.25 Å². The van der Waals surface area contributed by atoms with E-state index in [0.29, 0.717) is 11.3 Å². The average Bonchev–Trinajstić information content (AvgIpc) is 2.48. The molecule has 6 heteroatoms. The monoisotopic (exact) mass is 306 g/mol. The predicted molar refractivity (Wildman–Crippen MR) is 78.6 cm³/mol. The third kappa shape index (κ3) is 5.42. The van der Waals surface area contributed by atoms with Crippen LogP contribution in [0.5, 0.6) is 5.75 Å². The molecule has 0 aliphatic carbocycles. The van der Waals surface area contributed by atoms with Crippen LogP contribution < -0.4 is 4.52 Å². The van der Waals surface area contributed by atoms with Crippen molar-refractivity contribution in [1.29, 1.82) is 0 Å². The minimum absolute atomic E-state index is 0.0556. The van der Waals surface area contributed by atoms with Crippen molar-refractivity contribution in [3.63, 3.8) is 0 Å². The van der Waals surface area contributed by atoms with Crippen molar-refractivity contribution in [2.45, 2.75) is 13.0 Å². The van der Waals surface area contributed by atoms with Crippen molar-refractivity contribution in [2.24, 2.45) is 0 Å². The van der Waals surface area contributed by atoms with Crippen LogP contribution in [0.2, 0.25) is 0 Å². The molecule has 0 bridgehead atoms. The highest BCUT2D eigenvalue weighted by atomic mass is 31.1. The number of carboxylic acids is 1. The fraction of sp³-hybridized carbons (Fsp3) is 0.133. The lowest BCUT2D eigenvalue weighted by molar-refractivity contribution is -0.136. The number of carbonyl (C=O) groups is 1. The van der Waals surface area contributed by atoms with E-state index in [-0.39, 0.29) is 13.0 Å². The van der Waals surface area contributed by atoms with E-state index in [2.05, 4.69) is 0 Å². The molecule has 2 aromatic carbocycles. The molecule has 0 fully saturated rings. The molecule has 110 valence electrons. The van der Waals surface area contributed by atoms with E-state index in [1.807, 2.05) is 30.3 Å². The highest BCUT2D eigenvalue weighted by Gasteiger charge is 2.04. The minimum Gasteiger partial charge on any atom is -0.481 e. The predicted octanol–water partition coefficient (Wildman–Crippen LogP) is 3.30. The van der Waals surface area contributed by atoms with E-state index in [0.717, 1.165) is 5.56 Å². The van der Waals surface area contributed by atoms with Crippen molar-refractivity contribution in [3.05, 3.63) is 65.7 Å². The zero-order valence-corrected chi connectivity index (χ0v) is 12.2. The summed E-state index contributed by atoms with van der Waals surface area (Å²) in [7, 11) is -2.64. The molecule has 2 aromatic rings. The molecule has 1 unspecified atom stereocenters. The highest BCUT2D eigenvalue weighted by molar-refractivity contribution is 7.33. The van der Waals surface area contributed by atoms with Gasteiger partial charge in [0, 0.05) is 0 Å². The fourth-order valence-electron chi connectivity index (χ4n) is 1.69. The molecule has 1 N–H and O–H groups in total. The molecule has 0 heterocycles. The van der Waals surface area contributed by atoms with Crippen LogP contribution in [0, 0.1) is 0 Å². The first-order chi connectivity index (χ1) is 10.1. The zero-order chi connectivity index (χ0) is 15.1. The van der Waals surface area contributed by atoms with Crippen molar-refractivity contribution in [1.82, 2.24) is 0 Å². The molecule has 21 heavy (non-hydrogen) atoms. The smallest absolute Gasteiger partial charge is 0.368 e. The lowest BCUT2D eigenvalue weighted by Crippen LogP contribution is -1.99. The third-order valence-corrected chi connectivity index (χ3v) is 3.46. The number of hydrogen-bond acceptors (Lipinski definition) is 4. The van der Waals surface area contributed by atoms with Crippen molar-refractivity contribution >= 4 is 14.2 Å². The van der Waals surface area contributed by atoms with Gasteiger partial charge in [-0.2, -0.15) is 0 Å². The van der Waals surface area contributed by atoms with Gasteiger partial charge in [0.25, 0.3) is 0 Å². The first kappa shape index (κ1) is 15.3. The second-order valence-electron chi connectivity index (χ2n) is 4.34. The van der Waals surface area contributed by atoms with Gasteiger partial charge in [0.05, 0.1) is 13.0 Å². The topological polar surface area (TPSA) is 72.8 Å². The molecule has 0 radical (unpaired) electrons. The molecular formula is C15H15O5P. The van der Waals surface area contributed by atoms with Gasteiger partial charge < -0.3 is 9.63 Å². The zero-order valence-electron chi connectivity index (χ0n) is 11.2. The van der Waals surface area contributed by atoms with Gasteiger partial charge in [0.15, 0.2) is 0 Å². The van der Waals surface area contributed by atoms with Crippen LogP contribution in [0.15, 0.2) is 54.6 Å². The summed E-state index contributed by atoms with van der Waals surface area (Å²) in [6, 6.07) is 15.8. The Morgan fingerprint density at radius 3 is 2.29 bits per heavy atom. The average molecular weight is 306 g/mol. The van der Waals surface area contributed by atoms with Gasteiger partial charge in [-0.3, -0.25) is 9.32 Å². The van der Waals surface area contributed by atoms with Gasteiger partial charge in [-0.25, -0.2) is 4.57 Å². The standard InChI is InChI=1S/C15H15O5P/c16-15(17)10-12-6-8-14(9-7-12)20-21(18)19-11-13-4-2-1-3-5-13/h1-9,21H,10-11H2,(H,16,17). The van der Waals surface area contributed by atoms with E-state index in [1.54, 1.807) is 24.3 Å². The van der Waals surface area contributed by atoms with Gasteiger partial charge >= 0.3 is 14.2 Å². The van der Waals surface area contributed by atoms with Gasteiger partial charge in [-0.05, 0) is 23.3 Å². The number of aliphatic carboxylic acids is 1. The maximum Gasteiger partial charge on any atom is 0.368 e. The molecule has 0 amide bonds. The molecule has 2 rings (SSSR count). The highest BCUT2D eigenvalue weighted by Crippen LogP contribution is 2.29. The summed E-state index contributed by atoms with van der Waals surface area (Å²) >= 11 is 0. The van der Waals surface area contributed by atoms with Gasteiger partial charge in [-0.1, -0.05) is 42.5 Å². The Morgan fingerprint density at radius 1 is 1.00 bits per heavy atom. The second-order valence-corrected chi connectivity index (χ2v) is 5.33. The summed E-state index contributed by atoms with van der Waals surface area (Å²) in [5.74, 6) is -0.510. The van der Waals surface area contributed by atoms with Crippen molar-refractivity contribution < 1.29 is 23.5 Å². The lowest BCUT2D eigenvalue weighted by atomic mass is 10.1. The number of rotatable bonds is 7. The Morgan fingerprint density at radius 2 is 1.67 bits per heavy atom. The van der Waals surface area contributed by atoms with Crippen LogP contribution in [0.4, 0.5) is 0 Å². The van der Waals surface area contributed by atoms with Crippen LogP contribution in [0.3, 0.4) is 0 Å². The number of benzene rings is 2. The SMILES string of the molecule is O=C(O)Cc1ccc(O[PH](=O)OCc2ccccc2)cc1. The normalized spacial score (nSPS) is 11.8. The largest absolute Gasteiger partial charge is 0.481 e. The van der Waals surface area contributed by atoms with E-state index in [1.165, 1.54) is 0 Å².